The van der Waals surface area contributed by atoms with Crippen LogP contribution in [-0.4, -0.2) is 143 Å². The van der Waals surface area contributed by atoms with Crippen molar-refractivity contribution in [1.29, 1.82) is 0 Å². The molecule has 0 bridgehead atoms. The fraction of sp³-hybridized carbons (Fsp3) is 0.156. The Morgan fingerprint density at radius 3 is 1.05 bits per heavy atom. The summed E-state index contributed by atoms with van der Waals surface area (Å²) in [7, 11) is -4.84. The lowest BCUT2D eigenvalue weighted by Gasteiger charge is -2.27. The third-order valence-corrected chi connectivity index (χ3v) is 20.3. The van der Waals surface area contributed by atoms with Crippen molar-refractivity contribution >= 4 is 123 Å². The second kappa shape index (κ2) is 29.9. The van der Waals surface area contributed by atoms with E-state index in [-0.39, 0.29) is 16.8 Å². The number of amides is 4. The molecule has 16 rings (SSSR count). The lowest BCUT2D eigenvalue weighted by Crippen LogP contribution is -2.29. The summed E-state index contributed by atoms with van der Waals surface area (Å²) in [6.07, 6.45) is 33.4. The maximum Gasteiger partial charge on any atom is 0.258 e. The first kappa shape index (κ1) is 66.8. The van der Waals surface area contributed by atoms with Gasteiger partial charge in [0.1, 0.15) is 21.9 Å². The summed E-state index contributed by atoms with van der Waals surface area (Å²) in [4.78, 5) is 76.0. The molecule has 6 aliphatic rings. The van der Waals surface area contributed by atoms with Gasteiger partial charge in [0.05, 0.1) is 43.3 Å². The van der Waals surface area contributed by atoms with Crippen LogP contribution in [0.5, 0.6) is 5.88 Å². The van der Waals surface area contributed by atoms with Crippen LogP contribution >= 0.6 is 23.2 Å². The van der Waals surface area contributed by atoms with Gasteiger partial charge in [-0.1, -0.05) is 35.3 Å². The second-order valence-electron chi connectivity index (χ2n) is 22.0. The molecule has 0 aromatic carbocycles. The molecule has 99 heavy (non-hydrogen) atoms. The molecule has 502 valence electrons. The smallest absolute Gasteiger partial charge is 0.258 e. The molecule has 2 fully saturated rings. The minimum absolute atomic E-state index is 0.270. The van der Waals surface area contributed by atoms with E-state index >= 15 is 0 Å². The predicted octanol–water partition coefficient (Wildman–Crippen LogP) is 7.18. The molecule has 4 atom stereocenters. The number of nitrogens with zero attached hydrogens (tertiary/aromatic N) is 16. The number of carbonyl (C=O) groups is 4. The molecule has 16 heterocycles. The summed E-state index contributed by atoms with van der Waals surface area (Å²) in [6, 6.07) is 22.9. The summed E-state index contributed by atoms with van der Waals surface area (Å²) >= 11 is 11.5. The molecule has 10 aromatic heterocycles. The molecule has 6 aliphatic heterocycles. The van der Waals surface area contributed by atoms with Gasteiger partial charge in [0.15, 0.2) is 64.1 Å². The first-order chi connectivity index (χ1) is 48.1. The zero-order valence-corrected chi connectivity index (χ0v) is 56.6. The molecule has 0 spiro atoms. The van der Waals surface area contributed by atoms with Gasteiger partial charge in [0.25, 0.3) is 23.6 Å². The topological polar surface area (TPSA) is 349 Å². The Hall–Kier alpha value is -10.8. The van der Waals surface area contributed by atoms with Crippen molar-refractivity contribution in [1.82, 2.24) is 87.9 Å². The number of rotatable bonds is 13. The third kappa shape index (κ3) is 15.6. The van der Waals surface area contributed by atoms with Crippen molar-refractivity contribution in [3.05, 3.63) is 188 Å². The first-order valence-electron chi connectivity index (χ1n) is 30.2. The van der Waals surface area contributed by atoms with Crippen LogP contribution in [-0.2, 0) is 63.1 Å². The third-order valence-electron chi connectivity index (χ3n) is 15.6. The average Bonchev–Trinajstić information content (AvgIpc) is 1.76. The molecule has 4 amide bonds. The molecular formula is C64H54Cl2N20O9S4. The molecule has 35 heteroatoms. The zero-order chi connectivity index (χ0) is 68.7. The second-order valence-corrected chi connectivity index (χ2v) is 27.5. The Balaban J connectivity index is 0.000000121. The van der Waals surface area contributed by atoms with Gasteiger partial charge in [-0.2, -0.15) is 20.4 Å². The molecule has 0 saturated carbocycles. The van der Waals surface area contributed by atoms with Crippen molar-refractivity contribution in [3.63, 3.8) is 0 Å². The molecule has 10 aromatic rings. The van der Waals surface area contributed by atoms with E-state index in [1.54, 1.807) is 92.4 Å². The van der Waals surface area contributed by atoms with Crippen molar-refractivity contribution < 1.29 is 40.8 Å². The number of halogens is 2. The lowest BCUT2D eigenvalue weighted by atomic mass is 10.1. The van der Waals surface area contributed by atoms with E-state index in [1.165, 1.54) is 82.2 Å². The SMILES string of the molecule is COc1nc(Cl)ccc1-c1cnn(C2=CC(=O)NS2=O)c1.O=C1C=C(n2cc(-c3ccc(-c4ccc(N5CCCC5)nc4)nc3)cn2)S(=O)N1.O=C1C=C(n2cc(-c3ccc(-c4ccc(N5CCCCC5)nc4)nc3)cn2)S(=O)N1.O=C1C=C(n2cc(-c3ccc(Cl)nc3)cn2)S(=O)N1. The van der Waals surface area contributed by atoms with Gasteiger partial charge in [-0.05, 0) is 92.8 Å². The molecule has 4 unspecified atom stereocenters. The number of pyridine rings is 6. The number of carbonyl (C=O) groups excluding carboxylic acids is 4. The molecule has 29 nitrogen and oxygen atoms in total. The Kier molecular flexibility index (Phi) is 20.1. The van der Waals surface area contributed by atoms with Gasteiger partial charge in [0, 0.05) is 162 Å². The van der Waals surface area contributed by atoms with Crippen LogP contribution in [0.2, 0.25) is 10.3 Å². The molecule has 2 saturated heterocycles. The van der Waals surface area contributed by atoms with E-state index in [0.29, 0.717) is 42.4 Å². The van der Waals surface area contributed by atoms with Crippen molar-refractivity contribution in [2.45, 2.75) is 32.1 Å². The monoisotopic (exact) mass is 1440 g/mol. The van der Waals surface area contributed by atoms with Gasteiger partial charge in [-0.3, -0.25) is 48.0 Å². The summed E-state index contributed by atoms with van der Waals surface area (Å²) < 4.78 is 67.1. The van der Waals surface area contributed by atoms with Gasteiger partial charge in [0.2, 0.25) is 5.88 Å². The number of hydrogen-bond acceptors (Lipinski definition) is 21. The first-order valence-corrected chi connectivity index (χ1v) is 35.6. The zero-order valence-electron chi connectivity index (χ0n) is 51.8. The van der Waals surface area contributed by atoms with Gasteiger partial charge < -0.3 is 14.5 Å². The Morgan fingerprint density at radius 2 is 0.717 bits per heavy atom. The maximum atomic E-state index is 11.9. The Bertz CT molecular complexity index is 4970. The summed E-state index contributed by atoms with van der Waals surface area (Å²) in [5.41, 5.74) is 10.0. The van der Waals surface area contributed by atoms with E-state index in [2.05, 4.69) is 91.1 Å². The number of ether oxygens (including phenoxy) is 1. The van der Waals surface area contributed by atoms with Crippen molar-refractivity contribution in [3.8, 4) is 72.9 Å². The van der Waals surface area contributed by atoms with E-state index in [1.807, 2.05) is 48.8 Å². The van der Waals surface area contributed by atoms with E-state index in [9.17, 15) is 36.0 Å². The number of aromatic nitrogens is 14. The standard InChI is InChI=1S/C21H20N6O2S.C20H18N6O2S.C12H9ClN4O3S.C11H7ClN4O2S/c28-20-10-21(30(29)25-20)27-14-17(13-24-27)15-4-6-18(22-11-15)16-5-7-19(23-12-16)26-8-2-1-3-9-26;27-19-9-20(29(28)24-19)26-13-16(12-23-26)14-3-5-17(21-10-14)15-4-6-18(22-11-15)25-7-1-2-8-25;1-20-12-8(2-3-9(13)15-12)7-5-14-17(6-7)11-4-10(18)16-21(11)19;12-9-2-1-7(4-13-9)8-5-14-16(6-8)11-3-10(17)15-19(11)18/h4-7,10-14H,1-3,8-9H2,(H,25,28);3-6,9-13H,1-2,7-8H2,(H,24,27);2-6H,1H3,(H,16,18);1-6H,(H,15,17). The predicted molar refractivity (Wildman–Crippen MR) is 375 cm³/mol. The van der Waals surface area contributed by atoms with Crippen LogP contribution in [0.4, 0.5) is 11.6 Å². The number of hydrogen-bond donors (Lipinski definition) is 4. The quantitative estimate of drug-likeness (QED) is 0.0830. The number of nitrogens with one attached hydrogen (secondary N) is 4. The largest absolute Gasteiger partial charge is 0.481 e. The summed E-state index contributed by atoms with van der Waals surface area (Å²) in [5, 5.41) is 18.5. The highest BCUT2D eigenvalue weighted by Crippen LogP contribution is 2.32. The molecule has 4 N–H and O–H groups in total. The van der Waals surface area contributed by atoms with Gasteiger partial charge >= 0.3 is 0 Å². The molecular weight excluding hydrogens is 1390 g/mol. The number of anilines is 2. The average molecular weight is 1450 g/mol. The highest BCUT2D eigenvalue weighted by molar-refractivity contribution is 7.94. The fourth-order valence-electron chi connectivity index (χ4n) is 10.6. The van der Waals surface area contributed by atoms with E-state index in [0.717, 1.165) is 93.7 Å². The van der Waals surface area contributed by atoms with Gasteiger partial charge in [-0.25, -0.2) is 55.5 Å². The highest BCUT2D eigenvalue weighted by atomic mass is 35.5. The number of piperidine rings is 1. The van der Waals surface area contributed by atoms with Crippen LogP contribution in [0.3, 0.4) is 0 Å². The van der Waals surface area contributed by atoms with Crippen LogP contribution in [0.15, 0.2) is 178 Å². The van der Waals surface area contributed by atoms with Gasteiger partial charge in [-0.15, -0.1) is 0 Å². The highest BCUT2D eigenvalue weighted by Gasteiger charge is 2.27. The van der Waals surface area contributed by atoms with E-state index < -0.39 is 55.8 Å². The van der Waals surface area contributed by atoms with E-state index in [4.69, 9.17) is 27.9 Å². The molecule has 0 aliphatic carbocycles. The maximum absolute atomic E-state index is 11.9. The van der Waals surface area contributed by atoms with Crippen LogP contribution in [0, 0.1) is 0 Å². The van der Waals surface area contributed by atoms with Crippen LogP contribution in [0.25, 0.3) is 87.1 Å². The van der Waals surface area contributed by atoms with Crippen molar-refractivity contribution in [2.75, 3.05) is 43.1 Å². The molecule has 0 radical (unpaired) electrons. The minimum Gasteiger partial charge on any atom is -0.481 e. The summed E-state index contributed by atoms with van der Waals surface area (Å²) in [6.45, 7) is 4.28. The Morgan fingerprint density at radius 1 is 0.374 bits per heavy atom. The minimum atomic E-state index is -1.60. The van der Waals surface area contributed by atoms with Crippen LogP contribution < -0.4 is 33.4 Å². The number of methoxy groups -OCH3 is 1. The van der Waals surface area contributed by atoms with Crippen molar-refractivity contribution in [2.24, 2.45) is 0 Å². The normalized spacial score (nSPS) is 18.5. The fourth-order valence-corrected chi connectivity index (χ4v) is 14.2. The Labute approximate surface area is 583 Å². The lowest BCUT2D eigenvalue weighted by molar-refractivity contribution is -0.115. The summed E-state index contributed by atoms with van der Waals surface area (Å²) in [5.74, 6) is 0.829. The van der Waals surface area contributed by atoms with Crippen LogP contribution in [0.1, 0.15) is 32.1 Å².